The molecule has 7 heteroatoms. The molecule has 5 nitrogen and oxygen atoms in total. The first kappa shape index (κ1) is 26.0. The molecule has 0 aliphatic rings. The van der Waals surface area contributed by atoms with Gasteiger partial charge in [-0.2, -0.15) is 0 Å². The number of hydrogen-bond donors (Lipinski definition) is 1. The molecular formula is C25H32Cl2N2O3. The van der Waals surface area contributed by atoms with E-state index in [1.54, 1.807) is 18.2 Å². The Kier molecular flexibility index (Phi) is 10.8. The quantitative estimate of drug-likeness (QED) is 0.400. The minimum atomic E-state index is -0.628. The number of rotatable bonds is 12. The molecule has 0 spiro atoms. The van der Waals surface area contributed by atoms with E-state index in [1.807, 2.05) is 31.2 Å². The molecule has 0 saturated heterocycles. The zero-order valence-electron chi connectivity index (χ0n) is 19.0. The lowest BCUT2D eigenvalue weighted by Gasteiger charge is -2.31. The highest BCUT2D eigenvalue weighted by Crippen LogP contribution is 2.24. The predicted molar refractivity (Wildman–Crippen MR) is 130 cm³/mol. The van der Waals surface area contributed by atoms with Crippen LogP contribution in [0.2, 0.25) is 10.0 Å². The topological polar surface area (TPSA) is 58.6 Å². The van der Waals surface area contributed by atoms with Gasteiger partial charge < -0.3 is 15.0 Å². The maximum absolute atomic E-state index is 13.2. The molecule has 0 bridgehead atoms. The Morgan fingerprint density at radius 2 is 1.78 bits per heavy atom. The van der Waals surface area contributed by atoms with Gasteiger partial charge in [0.05, 0.1) is 0 Å². The van der Waals surface area contributed by atoms with Crippen molar-refractivity contribution >= 4 is 35.0 Å². The number of halogens is 2. The minimum absolute atomic E-state index is 0.171. The van der Waals surface area contributed by atoms with E-state index in [1.165, 1.54) is 10.5 Å². The fourth-order valence-corrected chi connectivity index (χ4v) is 3.78. The van der Waals surface area contributed by atoms with Crippen LogP contribution in [0.15, 0.2) is 42.5 Å². The summed E-state index contributed by atoms with van der Waals surface area (Å²) < 4.78 is 5.73. The van der Waals surface area contributed by atoms with E-state index in [9.17, 15) is 9.59 Å². The molecule has 32 heavy (non-hydrogen) atoms. The largest absolute Gasteiger partial charge is 0.484 e. The maximum Gasteiger partial charge on any atom is 0.261 e. The molecular weight excluding hydrogens is 447 g/mol. The van der Waals surface area contributed by atoms with E-state index < -0.39 is 6.04 Å². The fraction of sp³-hybridized carbons (Fsp3) is 0.440. The van der Waals surface area contributed by atoms with Crippen molar-refractivity contribution in [3.63, 3.8) is 0 Å². The van der Waals surface area contributed by atoms with Gasteiger partial charge in [0.25, 0.3) is 5.91 Å². The Bertz CT molecular complexity index is 887. The first-order valence-electron chi connectivity index (χ1n) is 11.1. The molecule has 1 N–H and O–H groups in total. The van der Waals surface area contributed by atoms with Crippen LogP contribution in [0, 0.1) is 0 Å². The Balaban J connectivity index is 2.19. The number of amides is 2. The van der Waals surface area contributed by atoms with E-state index in [4.69, 9.17) is 27.9 Å². The molecule has 2 aromatic rings. The van der Waals surface area contributed by atoms with E-state index in [-0.39, 0.29) is 25.0 Å². The standard InChI is InChI=1S/C25H32Cl2N2O3/c1-4-7-14-28-25(31)23(6-3)29(16-19-10-11-20(26)15-22(19)27)24(30)17-32-21-12-8-18(5-2)9-13-21/h8-13,15,23H,4-7,14,16-17H2,1-3H3,(H,28,31). The van der Waals surface area contributed by atoms with Crippen LogP contribution in [-0.2, 0) is 22.6 Å². The zero-order valence-corrected chi connectivity index (χ0v) is 20.5. The van der Waals surface area contributed by atoms with Crippen LogP contribution >= 0.6 is 23.2 Å². The van der Waals surface area contributed by atoms with Crippen LogP contribution in [0.5, 0.6) is 5.75 Å². The van der Waals surface area contributed by atoms with Gasteiger partial charge in [0, 0.05) is 23.1 Å². The van der Waals surface area contributed by atoms with Gasteiger partial charge in [-0.1, -0.05) is 68.6 Å². The van der Waals surface area contributed by atoms with E-state index >= 15 is 0 Å². The van der Waals surface area contributed by atoms with Crippen molar-refractivity contribution in [1.29, 1.82) is 0 Å². The summed E-state index contributed by atoms with van der Waals surface area (Å²) in [5.74, 6) is 0.153. The van der Waals surface area contributed by atoms with Gasteiger partial charge in [-0.05, 0) is 54.7 Å². The first-order valence-corrected chi connectivity index (χ1v) is 11.9. The number of ether oxygens (including phenoxy) is 1. The molecule has 174 valence electrons. The predicted octanol–water partition coefficient (Wildman–Crippen LogP) is 5.66. The van der Waals surface area contributed by atoms with Crippen molar-refractivity contribution in [2.45, 2.75) is 59.0 Å². The SMILES string of the molecule is CCCCNC(=O)C(CC)N(Cc1ccc(Cl)cc1Cl)C(=O)COc1ccc(CC)cc1. The van der Waals surface area contributed by atoms with Crippen molar-refractivity contribution in [2.75, 3.05) is 13.2 Å². The normalized spacial score (nSPS) is 11.7. The van der Waals surface area contributed by atoms with Gasteiger partial charge in [-0.25, -0.2) is 0 Å². The van der Waals surface area contributed by atoms with Crippen molar-refractivity contribution in [3.8, 4) is 5.75 Å². The third kappa shape index (κ3) is 7.72. The molecule has 0 fully saturated rings. The summed E-state index contributed by atoms with van der Waals surface area (Å²) in [6.07, 6.45) is 3.26. The number of hydrogen-bond acceptors (Lipinski definition) is 3. The highest BCUT2D eigenvalue weighted by molar-refractivity contribution is 6.35. The van der Waals surface area contributed by atoms with Gasteiger partial charge in [0.15, 0.2) is 6.61 Å². The Labute approximate surface area is 201 Å². The minimum Gasteiger partial charge on any atom is -0.484 e. The highest BCUT2D eigenvalue weighted by Gasteiger charge is 2.29. The summed E-state index contributed by atoms with van der Waals surface area (Å²) in [7, 11) is 0. The number of nitrogens with one attached hydrogen (secondary N) is 1. The van der Waals surface area contributed by atoms with Crippen molar-refractivity contribution in [3.05, 3.63) is 63.6 Å². The van der Waals surface area contributed by atoms with Gasteiger partial charge in [0.2, 0.25) is 5.91 Å². The molecule has 1 atom stereocenters. The molecule has 0 aromatic heterocycles. The van der Waals surface area contributed by atoms with Crippen LogP contribution in [-0.4, -0.2) is 35.9 Å². The Morgan fingerprint density at radius 3 is 2.38 bits per heavy atom. The Hall–Kier alpha value is -2.24. The summed E-state index contributed by atoms with van der Waals surface area (Å²) in [4.78, 5) is 27.6. The summed E-state index contributed by atoms with van der Waals surface area (Å²) in [5, 5.41) is 3.90. The molecule has 1 unspecified atom stereocenters. The second-order valence-corrected chi connectivity index (χ2v) is 8.46. The molecule has 0 radical (unpaired) electrons. The lowest BCUT2D eigenvalue weighted by Crippen LogP contribution is -2.50. The van der Waals surface area contributed by atoms with Crippen LogP contribution in [0.3, 0.4) is 0 Å². The average Bonchev–Trinajstić information content (AvgIpc) is 2.79. The number of unbranched alkanes of at least 4 members (excludes halogenated alkanes) is 1. The molecule has 0 aliphatic carbocycles. The van der Waals surface area contributed by atoms with Gasteiger partial charge >= 0.3 is 0 Å². The molecule has 0 saturated carbocycles. The number of nitrogens with zero attached hydrogens (tertiary/aromatic N) is 1. The van der Waals surface area contributed by atoms with Crippen molar-refractivity contribution in [2.24, 2.45) is 0 Å². The van der Waals surface area contributed by atoms with E-state index in [2.05, 4.69) is 19.2 Å². The smallest absolute Gasteiger partial charge is 0.261 e. The van der Waals surface area contributed by atoms with Gasteiger partial charge in [-0.15, -0.1) is 0 Å². The second kappa shape index (κ2) is 13.3. The van der Waals surface area contributed by atoms with Crippen LogP contribution in [0.1, 0.15) is 51.2 Å². The first-order chi connectivity index (χ1) is 15.4. The van der Waals surface area contributed by atoms with Crippen LogP contribution in [0.4, 0.5) is 0 Å². The fourth-order valence-electron chi connectivity index (χ4n) is 3.31. The lowest BCUT2D eigenvalue weighted by atomic mass is 10.1. The number of aryl methyl sites for hydroxylation is 1. The lowest BCUT2D eigenvalue weighted by molar-refractivity contribution is -0.143. The molecule has 0 heterocycles. The molecule has 2 aromatic carbocycles. The number of carbonyl (C=O) groups excluding carboxylic acids is 2. The number of carbonyl (C=O) groups is 2. The van der Waals surface area contributed by atoms with Crippen molar-refractivity contribution in [1.82, 2.24) is 10.2 Å². The highest BCUT2D eigenvalue weighted by atomic mass is 35.5. The second-order valence-electron chi connectivity index (χ2n) is 7.61. The van der Waals surface area contributed by atoms with E-state index in [0.717, 1.165) is 24.8 Å². The third-order valence-corrected chi connectivity index (χ3v) is 5.85. The maximum atomic E-state index is 13.2. The summed E-state index contributed by atoms with van der Waals surface area (Å²) in [6, 6.07) is 12.1. The van der Waals surface area contributed by atoms with Gasteiger partial charge in [-0.3, -0.25) is 9.59 Å². The molecule has 2 rings (SSSR count). The van der Waals surface area contributed by atoms with Crippen LogP contribution < -0.4 is 10.1 Å². The Morgan fingerprint density at radius 1 is 1.06 bits per heavy atom. The monoisotopic (exact) mass is 478 g/mol. The number of benzene rings is 2. The van der Waals surface area contributed by atoms with E-state index in [0.29, 0.717) is 28.8 Å². The van der Waals surface area contributed by atoms with Crippen LogP contribution in [0.25, 0.3) is 0 Å². The summed E-state index contributed by atoms with van der Waals surface area (Å²) >= 11 is 12.4. The third-order valence-electron chi connectivity index (χ3n) is 5.27. The van der Waals surface area contributed by atoms with Gasteiger partial charge in [0.1, 0.15) is 11.8 Å². The average molecular weight is 479 g/mol. The zero-order chi connectivity index (χ0) is 23.5. The summed E-state index contributed by atoms with van der Waals surface area (Å²) in [6.45, 7) is 6.62. The summed E-state index contributed by atoms with van der Waals surface area (Å²) in [5.41, 5.74) is 1.91. The molecule has 0 aliphatic heterocycles. The van der Waals surface area contributed by atoms with Crippen molar-refractivity contribution < 1.29 is 14.3 Å². The molecule has 2 amide bonds.